The van der Waals surface area contributed by atoms with Crippen LogP contribution in [0.3, 0.4) is 0 Å². The van der Waals surface area contributed by atoms with E-state index in [2.05, 4.69) is 0 Å². The summed E-state index contributed by atoms with van der Waals surface area (Å²) in [4.78, 5) is 10.9. The van der Waals surface area contributed by atoms with E-state index in [1.54, 1.807) is 6.07 Å². The molecule has 0 aliphatic rings. The number of hydrogen-bond acceptors (Lipinski definition) is 3. The first-order valence-electron chi connectivity index (χ1n) is 6.96. The van der Waals surface area contributed by atoms with Gasteiger partial charge in [-0.25, -0.2) is 0 Å². The van der Waals surface area contributed by atoms with Crippen molar-refractivity contribution in [2.45, 2.75) is 18.9 Å². The summed E-state index contributed by atoms with van der Waals surface area (Å²) in [5.74, 6) is -1.14. The van der Waals surface area contributed by atoms with Crippen LogP contribution in [-0.2, 0) is 11.4 Å². The van der Waals surface area contributed by atoms with Crippen molar-refractivity contribution in [2.75, 3.05) is 6.54 Å². The molecule has 0 radical (unpaired) electrons. The number of aliphatic hydroxyl groups excluding tert-OH is 1. The highest BCUT2D eigenvalue weighted by Crippen LogP contribution is 2.32. The molecule has 2 aromatic carbocycles. The van der Waals surface area contributed by atoms with Crippen LogP contribution in [0.5, 0.6) is 0 Å². The highest BCUT2D eigenvalue weighted by molar-refractivity contribution is 6.33. The minimum absolute atomic E-state index is 0.0196. The van der Waals surface area contributed by atoms with Crippen molar-refractivity contribution < 1.29 is 15.0 Å². The van der Waals surface area contributed by atoms with Gasteiger partial charge in [0, 0.05) is 16.5 Å². The van der Waals surface area contributed by atoms with Gasteiger partial charge < -0.3 is 15.9 Å². The Morgan fingerprint density at radius 1 is 1.23 bits per heavy atom. The summed E-state index contributed by atoms with van der Waals surface area (Å²) in [6.45, 7) is 0.208. The molecule has 5 heteroatoms. The minimum atomic E-state index is -0.880. The molecule has 4 nitrogen and oxygen atoms in total. The van der Waals surface area contributed by atoms with E-state index < -0.39 is 5.97 Å². The summed E-state index contributed by atoms with van der Waals surface area (Å²) >= 11 is 6.27. The molecule has 0 bridgehead atoms. The third kappa shape index (κ3) is 3.85. The van der Waals surface area contributed by atoms with Crippen LogP contribution >= 0.6 is 11.6 Å². The van der Waals surface area contributed by atoms with E-state index in [0.717, 1.165) is 22.3 Å². The molecule has 1 atom stereocenters. The molecule has 116 valence electrons. The smallest absolute Gasteiger partial charge is 0.304 e. The molecule has 0 saturated heterocycles. The maximum absolute atomic E-state index is 10.9. The van der Waals surface area contributed by atoms with Crippen LogP contribution in [0.25, 0.3) is 11.1 Å². The first-order valence-corrected chi connectivity index (χ1v) is 7.34. The fourth-order valence-electron chi connectivity index (χ4n) is 2.40. The molecule has 0 heterocycles. The summed E-state index contributed by atoms with van der Waals surface area (Å²) in [6, 6.07) is 12.9. The van der Waals surface area contributed by atoms with Gasteiger partial charge in [0.15, 0.2) is 0 Å². The number of nitrogens with two attached hydrogens (primary N) is 1. The molecule has 0 unspecified atom stereocenters. The molecule has 0 aliphatic carbocycles. The van der Waals surface area contributed by atoms with Gasteiger partial charge in [-0.3, -0.25) is 4.79 Å². The van der Waals surface area contributed by atoms with E-state index >= 15 is 0 Å². The number of carboxylic acids is 1. The van der Waals surface area contributed by atoms with Gasteiger partial charge in [0.25, 0.3) is 0 Å². The Morgan fingerprint density at radius 3 is 2.64 bits per heavy atom. The Hall–Kier alpha value is -1.88. The third-order valence-corrected chi connectivity index (χ3v) is 3.92. The zero-order chi connectivity index (χ0) is 16.1. The number of benzene rings is 2. The van der Waals surface area contributed by atoms with Crippen LogP contribution in [0, 0.1) is 0 Å². The molecular formula is C17H18ClNO3. The first kappa shape index (κ1) is 16.5. The van der Waals surface area contributed by atoms with Crippen molar-refractivity contribution in [3.05, 3.63) is 58.6 Å². The van der Waals surface area contributed by atoms with Crippen LogP contribution < -0.4 is 5.73 Å². The van der Waals surface area contributed by atoms with Gasteiger partial charge in [-0.1, -0.05) is 35.9 Å². The molecule has 0 aliphatic heterocycles. The molecule has 4 N–H and O–H groups in total. The van der Waals surface area contributed by atoms with Crippen molar-refractivity contribution in [2.24, 2.45) is 5.73 Å². The second-order valence-electron chi connectivity index (χ2n) is 5.13. The molecule has 0 amide bonds. The van der Waals surface area contributed by atoms with Crippen molar-refractivity contribution >= 4 is 17.6 Å². The average Bonchev–Trinajstić information content (AvgIpc) is 2.53. The minimum Gasteiger partial charge on any atom is -0.481 e. The molecule has 0 spiro atoms. The molecule has 0 saturated carbocycles. The normalized spacial score (nSPS) is 12.1. The Labute approximate surface area is 134 Å². The summed E-state index contributed by atoms with van der Waals surface area (Å²) in [5.41, 5.74) is 9.02. The van der Waals surface area contributed by atoms with E-state index in [4.69, 9.17) is 22.4 Å². The predicted molar refractivity (Wildman–Crippen MR) is 86.9 cm³/mol. The number of aliphatic carboxylic acids is 1. The molecule has 2 aromatic rings. The van der Waals surface area contributed by atoms with E-state index in [1.807, 2.05) is 36.4 Å². The quantitative estimate of drug-likeness (QED) is 0.764. The van der Waals surface area contributed by atoms with Crippen molar-refractivity contribution in [1.82, 2.24) is 0 Å². The topological polar surface area (TPSA) is 83.6 Å². The zero-order valence-corrected chi connectivity index (χ0v) is 12.8. The van der Waals surface area contributed by atoms with Crippen LogP contribution in [0.2, 0.25) is 5.02 Å². The van der Waals surface area contributed by atoms with Crippen molar-refractivity contribution in [1.29, 1.82) is 0 Å². The lowest BCUT2D eigenvalue weighted by atomic mass is 9.92. The third-order valence-electron chi connectivity index (χ3n) is 3.59. The second kappa shape index (κ2) is 7.40. The zero-order valence-electron chi connectivity index (χ0n) is 12.0. The number of carbonyl (C=O) groups is 1. The lowest BCUT2D eigenvalue weighted by Crippen LogP contribution is -2.16. The van der Waals surface area contributed by atoms with Gasteiger partial charge in [0.1, 0.15) is 0 Å². The maximum atomic E-state index is 10.9. The number of aliphatic hydroxyl groups is 1. The van der Waals surface area contributed by atoms with Gasteiger partial charge in [0.2, 0.25) is 0 Å². The Bertz CT molecular complexity index is 673. The molecule has 22 heavy (non-hydrogen) atoms. The average molecular weight is 320 g/mol. The number of halogens is 1. The van der Waals surface area contributed by atoms with Gasteiger partial charge in [-0.05, 0) is 41.4 Å². The van der Waals surface area contributed by atoms with Gasteiger partial charge in [-0.15, -0.1) is 0 Å². The van der Waals surface area contributed by atoms with Crippen LogP contribution in [0.4, 0.5) is 0 Å². The molecule has 2 rings (SSSR count). The highest BCUT2D eigenvalue weighted by atomic mass is 35.5. The number of rotatable bonds is 6. The van der Waals surface area contributed by atoms with Gasteiger partial charge in [0.05, 0.1) is 13.0 Å². The van der Waals surface area contributed by atoms with Crippen molar-refractivity contribution in [3.8, 4) is 11.1 Å². The SMILES string of the molecule is NC[C@H](CC(=O)O)c1ccc(Cl)c(-c2cccc(CO)c2)c1. The van der Waals surface area contributed by atoms with E-state index in [9.17, 15) is 9.90 Å². The number of carboxylic acid groups (broad SMARTS) is 1. The van der Waals surface area contributed by atoms with Crippen molar-refractivity contribution in [3.63, 3.8) is 0 Å². The second-order valence-corrected chi connectivity index (χ2v) is 5.54. The van der Waals surface area contributed by atoms with Crippen LogP contribution in [-0.4, -0.2) is 22.7 Å². The summed E-state index contributed by atoms with van der Waals surface area (Å²) < 4.78 is 0. The van der Waals surface area contributed by atoms with Crippen LogP contribution in [0.1, 0.15) is 23.5 Å². The highest BCUT2D eigenvalue weighted by Gasteiger charge is 2.16. The lowest BCUT2D eigenvalue weighted by Gasteiger charge is -2.15. The van der Waals surface area contributed by atoms with Gasteiger partial charge >= 0.3 is 5.97 Å². The number of hydrogen-bond donors (Lipinski definition) is 3. The van der Waals surface area contributed by atoms with Gasteiger partial charge in [-0.2, -0.15) is 0 Å². The largest absolute Gasteiger partial charge is 0.481 e. The lowest BCUT2D eigenvalue weighted by molar-refractivity contribution is -0.137. The fourth-order valence-corrected chi connectivity index (χ4v) is 2.63. The Morgan fingerprint density at radius 2 is 2.00 bits per heavy atom. The van der Waals surface area contributed by atoms with E-state index in [0.29, 0.717) is 5.02 Å². The monoisotopic (exact) mass is 319 g/mol. The fraction of sp³-hybridized carbons (Fsp3) is 0.235. The molecule has 0 fully saturated rings. The standard InChI is InChI=1S/C17H18ClNO3/c18-16-5-4-12(14(9-19)8-17(21)22)7-15(16)13-3-1-2-11(6-13)10-20/h1-7,14,20H,8-10,19H2,(H,21,22)/t14-/m0/s1. The Kier molecular flexibility index (Phi) is 5.55. The van der Waals surface area contributed by atoms with E-state index in [-0.39, 0.29) is 25.5 Å². The molecular weight excluding hydrogens is 302 g/mol. The predicted octanol–water partition coefficient (Wildman–Crippen LogP) is 3.02. The first-order chi connectivity index (χ1) is 10.5. The summed E-state index contributed by atoms with van der Waals surface area (Å²) in [6.07, 6.45) is -0.0196. The van der Waals surface area contributed by atoms with E-state index in [1.165, 1.54) is 0 Å². The molecule has 0 aromatic heterocycles. The maximum Gasteiger partial charge on any atom is 0.304 e. The summed E-state index contributed by atoms with van der Waals surface area (Å²) in [7, 11) is 0. The van der Waals surface area contributed by atoms with Crippen LogP contribution in [0.15, 0.2) is 42.5 Å². The Balaban J connectivity index is 2.43. The summed E-state index contributed by atoms with van der Waals surface area (Å²) in [5, 5.41) is 18.8.